The highest BCUT2D eigenvalue weighted by atomic mass is 19.2. The number of benzene rings is 1. The average Bonchev–Trinajstić information content (AvgIpc) is 2.56. The van der Waals surface area contributed by atoms with Gasteiger partial charge in [-0.1, -0.05) is 55.6 Å². The Bertz CT molecular complexity index is 442. The molecule has 1 aliphatic heterocycles. The molecule has 1 unspecified atom stereocenters. The predicted octanol–water partition coefficient (Wildman–Crippen LogP) is 3.94. The molecule has 128 valence electrons. The summed E-state index contributed by atoms with van der Waals surface area (Å²) in [6.45, 7) is 10.4. The molecule has 0 bridgehead atoms. The second-order valence-corrected chi connectivity index (χ2v) is 5.58. The lowest BCUT2D eigenvalue weighted by Crippen LogP contribution is -2.32. The van der Waals surface area contributed by atoms with E-state index in [0.29, 0.717) is 0 Å². The fourth-order valence-electron chi connectivity index (χ4n) is 2.39. The van der Waals surface area contributed by atoms with E-state index in [0.717, 1.165) is 18.4 Å². The van der Waals surface area contributed by atoms with Gasteiger partial charge in [0.2, 0.25) is 5.91 Å². The normalized spacial score (nSPS) is 16.7. The third-order valence-corrected chi connectivity index (χ3v) is 3.39. The number of nitrogens with one attached hydrogen (secondary N) is 1. The van der Waals surface area contributed by atoms with Crippen LogP contribution in [0.1, 0.15) is 25.3 Å². The monoisotopic (exact) mass is 320 g/mol. The molecule has 1 fully saturated rings. The first-order chi connectivity index (χ1) is 11.0. The minimum Gasteiger partial charge on any atom is -0.306 e. The number of likely N-dealkylation sites (tertiary alicyclic amines) is 1. The summed E-state index contributed by atoms with van der Waals surface area (Å²) >= 11 is 0. The van der Waals surface area contributed by atoms with Crippen LogP contribution in [-0.4, -0.2) is 30.9 Å². The van der Waals surface area contributed by atoms with Crippen molar-refractivity contribution in [2.75, 3.05) is 20.1 Å². The molecule has 3 nitrogen and oxygen atoms in total. The second kappa shape index (κ2) is 13.7. The summed E-state index contributed by atoms with van der Waals surface area (Å²) in [5.74, 6) is 0.209. The number of allylic oxidation sites excluding steroid dienone is 2. The first-order valence-corrected chi connectivity index (χ1v) is 7.86. The number of nitrogens with zero attached hydrogens (tertiary/aromatic N) is 1. The quantitative estimate of drug-likeness (QED) is 0.676. The Morgan fingerprint density at radius 1 is 1.35 bits per heavy atom. The van der Waals surface area contributed by atoms with E-state index in [1.165, 1.54) is 37.9 Å². The van der Waals surface area contributed by atoms with Crippen LogP contribution in [-0.2, 0) is 11.2 Å². The first kappa shape index (κ1) is 21.1. The summed E-state index contributed by atoms with van der Waals surface area (Å²) in [7, 11) is 2.23. The molecule has 1 aliphatic rings. The molecule has 1 N–H and O–H groups in total. The Labute approximate surface area is 139 Å². The average molecular weight is 320 g/mol. The van der Waals surface area contributed by atoms with Crippen molar-refractivity contribution in [3.05, 3.63) is 61.2 Å². The fraction of sp³-hybridized carbons (Fsp3) is 0.421. The van der Waals surface area contributed by atoms with Crippen LogP contribution in [0.4, 0.5) is 4.48 Å². The van der Waals surface area contributed by atoms with Gasteiger partial charge in [0, 0.05) is 13.5 Å². The number of amides is 1. The highest BCUT2D eigenvalue weighted by Crippen LogP contribution is 2.19. The lowest BCUT2D eigenvalue weighted by molar-refractivity contribution is -0.123. The number of rotatable bonds is 3. The first-order valence-electron chi connectivity index (χ1n) is 7.86. The lowest BCUT2D eigenvalue weighted by atomic mass is 9.92. The molecule has 0 spiro atoms. The Hall–Kier alpha value is -1.94. The summed E-state index contributed by atoms with van der Waals surface area (Å²) in [4.78, 5) is 11.8. The largest absolute Gasteiger partial charge is 0.306 e. The minimum atomic E-state index is -0.662. The Kier molecular flexibility index (Phi) is 12.5. The van der Waals surface area contributed by atoms with E-state index in [9.17, 15) is 9.28 Å². The molecule has 0 aliphatic carbocycles. The van der Waals surface area contributed by atoms with Gasteiger partial charge in [-0.15, -0.1) is 4.48 Å². The molecular formula is C19H29FN2O. The number of carbonyl (C=O) groups is 1. The van der Waals surface area contributed by atoms with Crippen molar-refractivity contribution in [3.63, 3.8) is 0 Å². The van der Waals surface area contributed by atoms with Crippen LogP contribution in [0.5, 0.6) is 0 Å². The van der Waals surface area contributed by atoms with Crippen LogP contribution in [0.25, 0.3) is 0 Å². The Balaban J connectivity index is 0.000000450. The third-order valence-electron chi connectivity index (χ3n) is 3.39. The zero-order valence-corrected chi connectivity index (χ0v) is 14.3. The van der Waals surface area contributed by atoms with Crippen molar-refractivity contribution < 1.29 is 9.28 Å². The second-order valence-electron chi connectivity index (χ2n) is 5.58. The van der Waals surface area contributed by atoms with Crippen LogP contribution in [0.15, 0.2) is 55.6 Å². The maximum atomic E-state index is 10.5. The van der Waals surface area contributed by atoms with E-state index in [1.807, 2.05) is 0 Å². The van der Waals surface area contributed by atoms with Crippen LogP contribution in [0, 0.1) is 5.92 Å². The molecule has 1 aromatic rings. The standard InChI is InChI=1S/C13H19N.C4H6.C2H4FNO/c1-14-9-5-8-13(11-14)10-12-6-3-2-4-7-12;1-3-4-2;1-2(5)4-3/h2-4,6-7,13H,5,8-11H2,1H3;3-4H,1-2H2;1H3,(H,4,5). The summed E-state index contributed by atoms with van der Waals surface area (Å²) < 4.78 is 10.5. The van der Waals surface area contributed by atoms with Gasteiger partial charge in [-0.25, -0.2) is 0 Å². The predicted molar refractivity (Wildman–Crippen MR) is 95.7 cm³/mol. The number of hydrogen-bond acceptors (Lipinski definition) is 2. The number of hydrogen-bond donors (Lipinski definition) is 1. The van der Waals surface area contributed by atoms with Crippen LogP contribution >= 0.6 is 0 Å². The van der Waals surface area contributed by atoms with Gasteiger partial charge in [0.1, 0.15) is 0 Å². The summed E-state index contributed by atoms with van der Waals surface area (Å²) in [6.07, 6.45) is 7.30. The molecule has 1 aromatic carbocycles. The third kappa shape index (κ3) is 12.3. The van der Waals surface area contributed by atoms with Crippen molar-refractivity contribution >= 4 is 5.91 Å². The Morgan fingerprint density at radius 3 is 2.35 bits per heavy atom. The van der Waals surface area contributed by atoms with Gasteiger partial charge in [0.05, 0.1) is 0 Å². The molecule has 1 amide bonds. The zero-order chi connectivity index (χ0) is 17.5. The highest BCUT2D eigenvalue weighted by Gasteiger charge is 2.16. The van der Waals surface area contributed by atoms with Crippen molar-refractivity contribution in [2.45, 2.75) is 26.2 Å². The molecule has 1 atom stereocenters. The smallest absolute Gasteiger partial charge is 0.244 e. The SMILES string of the molecule is C=CC=C.CC(=O)NF.CN1CCCC(Cc2ccccc2)C1. The molecule has 1 heterocycles. The van der Waals surface area contributed by atoms with E-state index in [2.05, 4.69) is 55.4 Å². The van der Waals surface area contributed by atoms with Crippen molar-refractivity contribution in [2.24, 2.45) is 5.92 Å². The molecule has 1 saturated heterocycles. The topological polar surface area (TPSA) is 32.3 Å². The van der Waals surface area contributed by atoms with Gasteiger partial charge in [-0.3, -0.25) is 4.79 Å². The van der Waals surface area contributed by atoms with E-state index in [4.69, 9.17) is 0 Å². The van der Waals surface area contributed by atoms with Crippen LogP contribution < -0.4 is 5.54 Å². The molecule has 0 saturated carbocycles. The van der Waals surface area contributed by atoms with Gasteiger partial charge in [0.25, 0.3) is 0 Å². The van der Waals surface area contributed by atoms with Crippen molar-refractivity contribution in [1.29, 1.82) is 0 Å². The summed E-state index contributed by atoms with van der Waals surface area (Å²) in [6, 6.07) is 10.9. The van der Waals surface area contributed by atoms with Gasteiger partial charge in [-0.2, -0.15) is 5.54 Å². The molecule has 2 rings (SSSR count). The highest BCUT2D eigenvalue weighted by molar-refractivity contribution is 5.71. The number of halogens is 1. The molecule has 23 heavy (non-hydrogen) atoms. The number of piperidine rings is 1. The molecular weight excluding hydrogens is 291 g/mol. The van der Waals surface area contributed by atoms with E-state index >= 15 is 0 Å². The van der Waals surface area contributed by atoms with E-state index < -0.39 is 5.91 Å². The van der Waals surface area contributed by atoms with Crippen molar-refractivity contribution in [1.82, 2.24) is 10.4 Å². The van der Waals surface area contributed by atoms with Gasteiger partial charge >= 0.3 is 0 Å². The van der Waals surface area contributed by atoms with Crippen LogP contribution in [0.3, 0.4) is 0 Å². The number of carbonyl (C=O) groups excluding carboxylic acids is 1. The Morgan fingerprint density at radius 2 is 1.91 bits per heavy atom. The van der Waals surface area contributed by atoms with Gasteiger partial charge < -0.3 is 4.90 Å². The molecule has 0 aromatic heterocycles. The fourth-order valence-corrected chi connectivity index (χ4v) is 2.39. The summed E-state index contributed by atoms with van der Waals surface area (Å²) in [5, 5.41) is 0. The van der Waals surface area contributed by atoms with E-state index in [-0.39, 0.29) is 0 Å². The molecule has 4 heteroatoms. The maximum absolute atomic E-state index is 10.5. The van der Waals surface area contributed by atoms with E-state index in [1.54, 1.807) is 12.2 Å². The van der Waals surface area contributed by atoms with Gasteiger partial charge in [-0.05, 0) is 44.3 Å². The lowest BCUT2D eigenvalue weighted by Gasteiger charge is -2.29. The van der Waals surface area contributed by atoms with Gasteiger partial charge in [0.15, 0.2) is 0 Å². The summed E-state index contributed by atoms with van der Waals surface area (Å²) in [5.41, 5.74) is 2.38. The van der Waals surface area contributed by atoms with Crippen molar-refractivity contribution in [3.8, 4) is 0 Å². The minimum absolute atomic E-state index is 0.662. The van der Waals surface area contributed by atoms with Crippen LogP contribution in [0.2, 0.25) is 0 Å². The maximum Gasteiger partial charge on any atom is 0.244 e. The molecule has 0 radical (unpaired) electrons. The zero-order valence-electron chi connectivity index (χ0n) is 14.3.